The molecule has 0 aliphatic heterocycles. The standard InChI is InChI=1S/C13H14N2/c1-9-8-14-15-13(9)12-6-4-11(5-7-12)10-2-3-10/h4-8,10H,2-3H2,1H3,(H,14,15). The van der Waals surface area contributed by atoms with Gasteiger partial charge in [-0.15, -0.1) is 0 Å². The Hall–Kier alpha value is -1.57. The maximum absolute atomic E-state index is 4.04. The zero-order chi connectivity index (χ0) is 10.3. The lowest BCUT2D eigenvalue weighted by molar-refractivity contribution is 1.09. The molecule has 0 amide bonds. The number of rotatable bonds is 2. The van der Waals surface area contributed by atoms with Crippen molar-refractivity contribution in [3.63, 3.8) is 0 Å². The van der Waals surface area contributed by atoms with E-state index in [1.54, 1.807) is 0 Å². The summed E-state index contributed by atoms with van der Waals surface area (Å²) in [6.07, 6.45) is 4.59. The zero-order valence-corrected chi connectivity index (χ0v) is 8.83. The van der Waals surface area contributed by atoms with Gasteiger partial charge in [0.15, 0.2) is 0 Å². The first-order chi connectivity index (χ1) is 7.34. The summed E-state index contributed by atoms with van der Waals surface area (Å²) in [4.78, 5) is 0. The van der Waals surface area contributed by atoms with E-state index in [2.05, 4.69) is 41.4 Å². The number of nitrogens with one attached hydrogen (secondary N) is 1. The predicted molar refractivity (Wildman–Crippen MR) is 60.7 cm³/mol. The second-order valence-corrected chi connectivity index (χ2v) is 4.32. The lowest BCUT2D eigenvalue weighted by Gasteiger charge is -2.02. The van der Waals surface area contributed by atoms with Crippen LogP contribution in [0.25, 0.3) is 11.3 Å². The van der Waals surface area contributed by atoms with E-state index in [1.807, 2.05) is 6.20 Å². The van der Waals surface area contributed by atoms with Crippen LogP contribution in [0.2, 0.25) is 0 Å². The molecule has 0 atom stereocenters. The van der Waals surface area contributed by atoms with Crippen molar-refractivity contribution in [2.24, 2.45) is 0 Å². The number of H-pyrrole nitrogens is 1. The molecule has 1 aromatic carbocycles. The second kappa shape index (κ2) is 3.23. The monoisotopic (exact) mass is 198 g/mol. The van der Waals surface area contributed by atoms with E-state index < -0.39 is 0 Å². The Bertz CT molecular complexity index is 464. The van der Waals surface area contributed by atoms with Gasteiger partial charge in [-0.25, -0.2) is 0 Å². The molecule has 0 bridgehead atoms. The quantitative estimate of drug-likeness (QED) is 0.788. The molecule has 0 saturated heterocycles. The number of aromatic amines is 1. The summed E-state index contributed by atoms with van der Waals surface area (Å²) < 4.78 is 0. The number of hydrogen-bond acceptors (Lipinski definition) is 1. The van der Waals surface area contributed by atoms with Crippen LogP contribution < -0.4 is 0 Å². The summed E-state index contributed by atoms with van der Waals surface area (Å²) in [7, 11) is 0. The first kappa shape index (κ1) is 8.72. The molecule has 76 valence electrons. The Morgan fingerprint density at radius 1 is 1.20 bits per heavy atom. The van der Waals surface area contributed by atoms with E-state index in [9.17, 15) is 0 Å². The smallest absolute Gasteiger partial charge is 0.0679 e. The average Bonchev–Trinajstić information content (AvgIpc) is 3.02. The summed E-state index contributed by atoms with van der Waals surface area (Å²) in [5.74, 6) is 0.835. The molecule has 0 radical (unpaired) electrons. The lowest BCUT2D eigenvalue weighted by Crippen LogP contribution is -1.83. The highest BCUT2D eigenvalue weighted by Crippen LogP contribution is 2.40. The predicted octanol–water partition coefficient (Wildman–Crippen LogP) is 3.26. The van der Waals surface area contributed by atoms with Crippen molar-refractivity contribution in [1.29, 1.82) is 0 Å². The SMILES string of the molecule is Cc1cn[nH]c1-c1ccc(C2CC2)cc1. The van der Waals surface area contributed by atoms with E-state index in [1.165, 1.54) is 29.5 Å². The van der Waals surface area contributed by atoms with Crippen molar-refractivity contribution >= 4 is 0 Å². The van der Waals surface area contributed by atoms with Gasteiger partial charge in [0.05, 0.1) is 11.9 Å². The molecule has 1 aliphatic rings. The number of aromatic nitrogens is 2. The molecule has 2 aromatic rings. The van der Waals surface area contributed by atoms with Crippen LogP contribution in [-0.2, 0) is 0 Å². The summed E-state index contributed by atoms with van der Waals surface area (Å²) in [5.41, 5.74) is 5.05. The molecular formula is C13H14N2. The Morgan fingerprint density at radius 2 is 1.93 bits per heavy atom. The van der Waals surface area contributed by atoms with Crippen LogP contribution in [0, 0.1) is 6.92 Å². The first-order valence-electron chi connectivity index (χ1n) is 5.45. The zero-order valence-electron chi connectivity index (χ0n) is 8.83. The van der Waals surface area contributed by atoms with Crippen LogP contribution in [0.3, 0.4) is 0 Å². The lowest BCUT2D eigenvalue weighted by atomic mass is 10.0. The van der Waals surface area contributed by atoms with Gasteiger partial charge < -0.3 is 0 Å². The third-order valence-electron chi connectivity index (χ3n) is 3.08. The van der Waals surface area contributed by atoms with Crippen LogP contribution in [0.15, 0.2) is 30.5 Å². The van der Waals surface area contributed by atoms with Crippen LogP contribution >= 0.6 is 0 Å². The number of aryl methyl sites for hydroxylation is 1. The van der Waals surface area contributed by atoms with Gasteiger partial charge in [0.25, 0.3) is 0 Å². The molecule has 0 spiro atoms. The van der Waals surface area contributed by atoms with Gasteiger partial charge in [0.1, 0.15) is 0 Å². The third kappa shape index (κ3) is 1.56. The minimum atomic E-state index is 0.835. The molecule has 0 unspecified atom stereocenters. The fourth-order valence-electron chi connectivity index (χ4n) is 1.98. The van der Waals surface area contributed by atoms with Gasteiger partial charge in [0, 0.05) is 0 Å². The molecule has 2 nitrogen and oxygen atoms in total. The number of nitrogens with zero attached hydrogens (tertiary/aromatic N) is 1. The van der Waals surface area contributed by atoms with E-state index >= 15 is 0 Å². The Balaban J connectivity index is 1.96. The maximum Gasteiger partial charge on any atom is 0.0679 e. The highest BCUT2D eigenvalue weighted by molar-refractivity contribution is 5.62. The van der Waals surface area contributed by atoms with E-state index in [4.69, 9.17) is 0 Å². The Labute approximate surface area is 89.3 Å². The average molecular weight is 198 g/mol. The van der Waals surface area contributed by atoms with Crippen LogP contribution in [-0.4, -0.2) is 10.2 Å². The minimum absolute atomic E-state index is 0.835. The largest absolute Gasteiger partial charge is 0.278 e. The van der Waals surface area contributed by atoms with E-state index in [0.717, 1.165) is 11.6 Å². The molecule has 1 heterocycles. The minimum Gasteiger partial charge on any atom is -0.278 e. The molecule has 15 heavy (non-hydrogen) atoms. The van der Waals surface area contributed by atoms with Gasteiger partial charge >= 0.3 is 0 Å². The molecular weight excluding hydrogens is 184 g/mol. The molecule has 2 heteroatoms. The van der Waals surface area contributed by atoms with Gasteiger partial charge in [0.2, 0.25) is 0 Å². The normalized spacial score (nSPS) is 15.5. The Kier molecular flexibility index (Phi) is 1.88. The highest BCUT2D eigenvalue weighted by Gasteiger charge is 2.23. The van der Waals surface area contributed by atoms with Gasteiger partial charge in [-0.2, -0.15) is 5.10 Å². The second-order valence-electron chi connectivity index (χ2n) is 4.32. The van der Waals surface area contributed by atoms with Crippen molar-refractivity contribution in [3.05, 3.63) is 41.6 Å². The van der Waals surface area contributed by atoms with E-state index in [0.29, 0.717) is 0 Å². The fourth-order valence-corrected chi connectivity index (χ4v) is 1.98. The fraction of sp³-hybridized carbons (Fsp3) is 0.308. The molecule has 1 aromatic heterocycles. The van der Waals surface area contributed by atoms with Crippen molar-refractivity contribution < 1.29 is 0 Å². The van der Waals surface area contributed by atoms with Crippen molar-refractivity contribution in [2.75, 3.05) is 0 Å². The third-order valence-corrected chi connectivity index (χ3v) is 3.08. The van der Waals surface area contributed by atoms with Crippen molar-refractivity contribution in [3.8, 4) is 11.3 Å². The highest BCUT2D eigenvalue weighted by atomic mass is 15.1. The van der Waals surface area contributed by atoms with Gasteiger partial charge in [-0.05, 0) is 42.4 Å². The van der Waals surface area contributed by atoms with Crippen molar-refractivity contribution in [2.45, 2.75) is 25.7 Å². The summed E-state index contributed by atoms with van der Waals surface area (Å²) in [6, 6.07) is 8.86. The van der Waals surface area contributed by atoms with Crippen molar-refractivity contribution in [1.82, 2.24) is 10.2 Å². The first-order valence-corrected chi connectivity index (χ1v) is 5.45. The summed E-state index contributed by atoms with van der Waals surface area (Å²) in [6.45, 7) is 2.08. The summed E-state index contributed by atoms with van der Waals surface area (Å²) in [5, 5.41) is 7.08. The number of benzene rings is 1. The van der Waals surface area contributed by atoms with Crippen LogP contribution in [0.5, 0.6) is 0 Å². The van der Waals surface area contributed by atoms with Crippen LogP contribution in [0.1, 0.15) is 29.9 Å². The molecule has 1 fully saturated rings. The van der Waals surface area contributed by atoms with Gasteiger partial charge in [-0.3, -0.25) is 5.10 Å². The van der Waals surface area contributed by atoms with Crippen LogP contribution in [0.4, 0.5) is 0 Å². The van der Waals surface area contributed by atoms with Gasteiger partial charge in [-0.1, -0.05) is 24.3 Å². The molecule has 1 aliphatic carbocycles. The van der Waals surface area contributed by atoms with E-state index in [-0.39, 0.29) is 0 Å². The topological polar surface area (TPSA) is 28.7 Å². The summed E-state index contributed by atoms with van der Waals surface area (Å²) >= 11 is 0. The molecule has 1 N–H and O–H groups in total. The molecule has 3 rings (SSSR count). The maximum atomic E-state index is 4.04. The Morgan fingerprint density at radius 3 is 2.47 bits per heavy atom. The number of hydrogen-bond donors (Lipinski definition) is 1. The molecule has 1 saturated carbocycles.